The molecule has 0 aliphatic carbocycles. The second kappa shape index (κ2) is 7.43. The molecular formula is C18H17NO5S2. The number of esters is 1. The normalized spacial score (nSPS) is 17.8. The monoisotopic (exact) mass is 391 g/mol. The van der Waals surface area contributed by atoms with E-state index < -0.39 is 34.4 Å². The van der Waals surface area contributed by atoms with Crippen molar-refractivity contribution in [2.24, 2.45) is 0 Å². The summed E-state index contributed by atoms with van der Waals surface area (Å²) in [5, 5.41) is 1.11. The summed E-state index contributed by atoms with van der Waals surface area (Å²) in [5.74, 6) is -1.24. The molecule has 136 valence electrons. The first-order valence-electron chi connectivity index (χ1n) is 7.87. The maximum Gasteiger partial charge on any atom is 0.348 e. The predicted octanol–water partition coefficient (Wildman–Crippen LogP) is 2.56. The Balaban J connectivity index is 1.75. The fraction of sp³-hybridized carbons (Fsp3) is 0.222. The number of ether oxygens (including phenoxy) is 1. The van der Waals surface area contributed by atoms with Gasteiger partial charge in [0.2, 0.25) is 0 Å². The smallest absolute Gasteiger partial charge is 0.348 e. The van der Waals surface area contributed by atoms with E-state index in [1.54, 1.807) is 42.5 Å². The van der Waals surface area contributed by atoms with Gasteiger partial charge in [-0.1, -0.05) is 18.2 Å². The fourth-order valence-electron chi connectivity index (χ4n) is 2.64. The summed E-state index contributed by atoms with van der Waals surface area (Å²) in [7, 11) is -3.33. The van der Waals surface area contributed by atoms with E-state index >= 15 is 0 Å². The molecule has 1 unspecified atom stereocenters. The molecule has 0 fully saturated rings. The number of carbonyl (C=O) groups is 2. The number of sulfone groups is 1. The van der Waals surface area contributed by atoms with Crippen LogP contribution in [0, 0.1) is 6.92 Å². The molecular weight excluding hydrogens is 374 g/mol. The van der Waals surface area contributed by atoms with Crippen LogP contribution in [0.3, 0.4) is 0 Å². The molecule has 1 aliphatic rings. The number of rotatable bonds is 5. The molecule has 1 atom stereocenters. The van der Waals surface area contributed by atoms with Crippen molar-refractivity contribution in [3.63, 3.8) is 0 Å². The Morgan fingerprint density at radius 3 is 2.50 bits per heavy atom. The van der Waals surface area contributed by atoms with Crippen molar-refractivity contribution in [3.05, 3.63) is 63.7 Å². The number of hydrogen-bond acceptors (Lipinski definition) is 6. The maximum atomic E-state index is 12.7. The lowest BCUT2D eigenvalue weighted by molar-refractivity contribution is -0.121. The average Bonchev–Trinajstić information content (AvgIpc) is 3.19. The number of amides is 1. The third-order valence-electron chi connectivity index (χ3n) is 3.81. The van der Waals surface area contributed by atoms with E-state index in [0.29, 0.717) is 10.6 Å². The van der Waals surface area contributed by atoms with E-state index in [2.05, 4.69) is 0 Å². The lowest BCUT2D eigenvalue weighted by Gasteiger charge is -2.27. The number of benzene rings is 1. The quantitative estimate of drug-likeness (QED) is 0.732. The van der Waals surface area contributed by atoms with E-state index in [4.69, 9.17) is 4.74 Å². The van der Waals surface area contributed by atoms with Gasteiger partial charge < -0.3 is 9.64 Å². The molecule has 1 aliphatic heterocycles. The molecule has 2 heterocycles. The van der Waals surface area contributed by atoms with Crippen LogP contribution < -0.4 is 4.90 Å². The summed E-state index contributed by atoms with van der Waals surface area (Å²) >= 11 is 1.29. The summed E-state index contributed by atoms with van der Waals surface area (Å²) in [5.41, 5.74) is 0.548. The number of nitrogens with zero attached hydrogens (tertiary/aromatic N) is 1. The number of para-hydroxylation sites is 1. The standard InChI is InChI=1S/C18H17NO5S2/c1-13-7-8-16(25-13)18(21)24-11-17(20)19(14-5-3-2-4-6-14)15-9-10-26(22,23)12-15/h2-10,15H,11-12H2,1H3. The minimum Gasteiger partial charge on any atom is -0.451 e. The van der Waals surface area contributed by atoms with Crippen LogP contribution >= 0.6 is 11.3 Å². The van der Waals surface area contributed by atoms with Gasteiger partial charge in [-0.3, -0.25) is 4.79 Å². The third-order valence-corrected chi connectivity index (χ3v) is 6.17. The van der Waals surface area contributed by atoms with Gasteiger partial charge in [0.1, 0.15) is 4.88 Å². The zero-order chi connectivity index (χ0) is 18.7. The lowest BCUT2D eigenvalue weighted by atomic mass is 10.2. The first-order chi connectivity index (χ1) is 12.4. The Morgan fingerprint density at radius 2 is 1.92 bits per heavy atom. The summed E-state index contributed by atoms with van der Waals surface area (Å²) < 4.78 is 28.6. The summed E-state index contributed by atoms with van der Waals surface area (Å²) in [4.78, 5) is 27.5. The van der Waals surface area contributed by atoms with Crippen LogP contribution in [-0.2, 0) is 19.4 Å². The van der Waals surface area contributed by atoms with Gasteiger partial charge in [0.15, 0.2) is 16.4 Å². The third kappa shape index (κ3) is 4.20. The minimum atomic E-state index is -3.33. The molecule has 0 radical (unpaired) electrons. The number of anilines is 1. The number of thiophene rings is 1. The van der Waals surface area contributed by atoms with Crippen molar-refractivity contribution in [2.45, 2.75) is 13.0 Å². The van der Waals surface area contributed by atoms with Gasteiger partial charge >= 0.3 is 5.97 Å². The van der Waals surface area contributed by atoms with Crippen molar-refractivity contribution < 1.29 is 22.7 Å². The SMILES string of the molecule is Cc1ccc(C(=O)OCC(=O)N(c2ccccc2)C2C=CS(=O)(=O)C2)s1. The van der Waals surface area contributed by atoms with E-state index in [0.717, 1.165) is 10.3 Å². The van der Waals surface area contributed by atoms with Crippen molar-refractivity contribution in [2.75, 3.05) is 17.3 Å². The van der Waals surface area contributed by atoms with Gasteiger partial charge in [0.25, 0.3) is 5.91 Å². The first-order valence-corrected chi connectivity index (χ1v) is 10.4. The van der Waals surface area contributed by atoms with Crippen LogP contribution in [0.2, 0.25) is 0 Å². The van der Waals surface area contributed by atoms with E-state index in [1.807, 2.05) is 6.92 Å². The molecule has 3 rings (SSSR count). The number of hydrogen-bond donors (Lipinski definition) is 0. The lowest BCUT2D eigenvalue weighted by Crippen LogP contribution is -2.43. The Bertz CT molecular complexity index is 947. The van der Waals surface area contributed by atoms with Crippen molar-refractivity contribution in [3.8, 4) is 0 Å². The second-order valence-corrected chi connectivity index (χ2v) is 9.03. The molecule has 0 spiro atoms. The van der Waals surface area contributed by atoms with Crippen molar-refractivity contribution >= 4 is 38.7 Å². The molecule has 0 bridgehead atoms. The second-order valence-electron chi connectivity index (χ2n) is 5.81. The molecule has 0 saturated heterocycles. The molecule has 2 aromatic rings. The summed E-state index contributed by atoms with van der Waals surface area (Å²) in [6, 6.07) is 11.5. The van der Waals surface area contributed by atoms with Crippen LogP contribution in [0.15, 0.2) is 53.9 Å². The van der Waals surface area contributed by atoms with Crippen molar-refractivity contribution in [1.82, 2.24) is 0 Å². The van der Waals surface area contributed by atoms with Gasteiger partial charge in [-0.15, -0.1) is 11.3 Å². The van der Waals surface area contributed by atoms with Crippen LogP contribution in [-0.4, -0.2) is 38.7 Å². The van der Waals surface area contributed by atoms with Crippen LogP contribution in [0.5, 0.6) is 0 Å². The zero-order valence-corrected chi connectivity index (χ0v) is 15.6. The fourth-order valence-corrected chi connectivity index (χ4v) is 4.67. The van der Waals surface area contributed by atoms with E-state index in [-0.39, 0.29) is 5.75 Å². The molecule has 1 aromatic carbocycles. The topological polar surface area (TPSA) is 80.8 Å². The van der Waals surface area contributed by atoms with Gasteiger partial charge in [-0.2, -0.15) is 0 Å². The van der Waals surface area contributed by atoms with Gasteiger partial charge in [-0.05, 0) is 37.3 Å². The van der Waals surface area contributed by atoms with Crippen molar-refractivity contribution in [1.29, 1.82) is 0 Å². The Labute approximate surface area is 155 Å². The minimum absolute atomic E-state index is 0.189. The van der Waals surface area contributed by atoms with Crippen LogP contribution in [0.4, 0.5) is 5.69 Å². The highest BCUT2D eigenvalue weighted by atomic mass is 32.2. The maximum absolute atomic E-state index is 12.7. The predicted molar refractivity (Wildman–Crippen MR) is 100.0 cm³/mol. The van der Waals surface area contributed by atoms with Crippen LogP contribution in [0.1, 0.15) is 14.5 Å². The molecule has 1 aromatic heterocycles. The molecule has 8 heteroatoms. The molecule has 1 amide bonds. The summed E-state index contributed by atoms with van der Waals surface area (Å²) in [6.07, 6.45) is 1.48. The Kier molecular flexibility index (Phi) is 5.24. The Hall–Kier alpha value is -2.45. The highest BCUT2D eigenvalue weighted by molar-refractivity contribution is 7.94. The highest BCUT2D eigenvalue weighted by Crippen LogP contribution is 2.23. The molecule has 0 N–H and O–H groups in total. The Morgan fingerprint density at radius 1 is 1.19 bits per heavy atom. The molecule has 0 saturated carbocycles. The largest absolute Gasteiger partial charge is 0.451 e. The molecule has 6 nitrogen and oxygen atoms in total. The van der Waals surface area contributed by atoms with Gasteiger partial charge in [-0.25, -0.2) is 13.2 Å². The molecule has 26 heavy (non-hydrogen) atoms. The first kappa shape index (κ1) is 18.3. The van der Waals surface area contributed by atoms with Gasteiger partial charge in [0.05, 0.1) is 11.8 Å². The number of aryl methyl sites for hydroxylation is 1. The zero-order valence-electron chi connectivity index (χ0n) is 14.0. The average molecular weight is 391 g/mol. The van der Waals surface area contributed by atoms with E-state index in [9.17, 15) is 18.0 Å². The highest BCUT2D eigenvalue weighted by Gasteiger charge is 2.31. The summed E-state index contributed by atoms with van der Waals surface area (Å²) in [6.45, 7) is 1.41. The number of carbonyl (C=O) groups excluding carboxylic acids is 2. The van der Waals surface area contributed by atoms with Gasteiger partial charge in [0, 0.05) is 16.0 Å². The van der Waals surface area contributed by atoms with E-state index in [1.165, 1.54) is 22.3 Å². The van der Waals surface area contributed by atoms with Crippen LogP contribution in [0.25, 0.3) is 0 Å².